The van der Waals surface area contributed by atoms with E-state index in [1.54, 1.807) is 42.5 Å². The van der Waals surface area contributed by atoms with E-state index in [2.05, 4.69) is 10.6 Å². The zero-order chi connectivity index (χ0) is 20.8. The Labute approximate surface area is 170 Å². The van der Waals surface area contributed by atoms with Crippen molar-refractivity contribution in [1.29, 1.82) is 0 Å². The van der Waals surface area contributed by atoms with Crippen molar-refractivity contribution in [1.82, 2.24) is 15.5 Å². The van der Waals surface area contributed by atoms with E-state index in [-0.39, 0.29) is 24.3 Å². The van der Waals surface area contributed by atoms with E-state index in [0.29, 0.717) is 47.7 Å². The summed E-state index contributed by atoms with van der Waals surface area (Å²) in [5.74, 6) is -0.428. The second kappa shape index (κ2) is 9.34. The van der Waals surface area contributed by atoms with E-state index in [1.165, 1.54) is 4.90 Å². The molecule has 0 unspecified atom stereocenters. The average Bonchev–Trinajstić information content (AvgIpc) is 2.97. The Bertz CT molecular complexity index is 891. The van der Waals surface area contributed by atoms with E-state index in [9.17, 15) is 14.4 Å². The van der Waals surface area contributed by atoms with Crippen LogP contribution in [0.2, 0.25) is 0 Å². The molecular weight excluding hydrogens is 370 g/mol. The molecule has 29 heavy (non-hydrogen) atoms. The number of ether oxygens (including phenoxy) is 1. The maximum Gasteiger partial charge on any atom is 0.261 e. The summed E-state index contributed by atoms with van der Waals surface area (Å²) in [7, 11) is 0. The van der Waals surface area contributed by atoms with Gasteiger partial charge in [0.2, 0.25) is 0 Å². The Balaban J connectivity index is 1.79. The van der Waals surface area contributed by atoms with Crippen LogP contribution in [0.4, 0.5) is 0 Å². The highest BCUT2D eigenvalue weighted by Gasteiger charge is 2.35. The van der Waals surface area contributed by atoms with Crippen molar-refractivity contribution < 1.29 is 19.1 Å². The molecule has 0 fully saturated rings. The molecule has 7 nitrogen and oxygen atoms in total. The zero-order valence-electron chi connectivity index (χ0n) is 16.7. The number of nitrogens with one attached hydrogen (secondary N) is 2. The summed E-state index contributed by atoms with van der Waals surface area (Å²) in [6, 6.07) is 11.9. The first-order chi connectivity index (χ1) is 14.1. The number of nitrogens with zero attached hydrogens (tertiary/aromatic N) is 1. The van der Waals surface area contributed by atoms with Gasteiger partial charge in [-0.2, -0.15) is 0 Å². The predicted octanol–water partition coefficient (Wildman–Crippen LogP) is 2.22. The van der Waals surface area contributed by atoms with Crippen LogP contribution in [0.15, 0.2) is 42.5 Å². The quantitative estimate of drug-likeness (QED) is 0.502. The number of carbonyl (C=O) groups excluding carboxylic acids is 3. The summed E-state index contributed by atoms with van der Waals surface area (Å²) < 4.78 is 5.58. The molecule has 1 aliphatic heterocycles. The number of carbonyl (C=O) groups is 3. The third-order valence-electron chi connectivity index (χ3n) is 4.64. The minimum absolute atomic E-state index is 0.0937. The molecule has 0 bridgehead atoms. The fourth-order valence-corrected chi connectivity index (χ4v) is 3.24. The summed E-state index contributed by atoms with van der Waals surface area (Å²) in [6.45, 7) is 6.35. The molecule has 0 saturated carbocycles. The summed E-state index contributed by atoms with van der Waals surface area (Å²) in [4.78, 5) is 39.0. The van der Waals surface area contributed by atoms with E-state index in [0.717, 1.165) is 6.54 Å². The molecular formula is C22H25N3O4. The fourth-order valence-electron chi connectivity index (χ4n) is 3.24. The molecule has 0 saturated heterocycles. The molecule has 0 aromatic heterocycles. The second-order valence-electron chi connectivity index (χ2n) is 6.62. The Hall–Kier alpha value is -3.19. The fraction of sp³-hybridized carbons (Fsp3) is 0.318. The molecule has 2 aromatic rings. The van der Waals surface area contributed by atoms with Crippen LogP contribution in [0, 0.1) is 0 Å². The summed E-state index contributed by atoms with van der Waals surface area (Å²) in [5.41, 5.74) is 1.88. The standard InChI is InChI=1S/C22H25N3O4/c1-3-23-11-12-24-20(26)18-13-15(9-10-19(18)29-4-2)14-25-21(27)16-7-5-6-8-17(16)22(25)28/h5-10,13,23H,3-4,11-12,14H2,1-2H3,(H,24,26). The smallest absolute Gasteiger partial charge is 0.261 e. The molecule has 0 atom stereocenters. The molecule has 0 aliphatic carbocycles. The zero-order valence-corrected chi connectivity index (χ0v) is 16.7. The van der Waals surface area contributed by atoms with Gasteiger partial charge in [-0.15, -0.1) is 0 Å². The predicted molar refractivity (Wildman–Crippen MR) is 109 cm³/mol. The maximum absolute atomic E-state index is 12.6. The number of imide groups is 1. The van der Waals surface area contributed by atoms with Gasteiger partial charge in [0.25, 0.3) is 17.7 Å². The molecule has 1 heterocycles. The van der Waals surface area contributed by atoms with Crippen LogP contribution in [0.1, 0.15) is 50.5 Å². The monoisotopic (exact) mass is 395 g/mol. The highest BCUT2D eigenvalue weighted by molar-refractivity contribution is 6.21. The Kier molecular flexibility index (Phi) is 6.61. The number of amides is 3. The molecule has 152 valence electrons. The number of rotatable bonds is 9. The molecule has 2 aromatic carbocycles. The SMILES string of the molecule is CCNCCNC(=O)c1cc(CN2C(=O)c3ccccc3C2=O)ccc1OCC. The van der Waals surface area contributed by atoms with Gasteiger partial charge in [-0.3, -0.25) is 19.3 Å². The number of likely N-dealkylation sites (N-methyl/N-ethyl adjacent to an activating group) is 1. The lowest BCUT2D eigenvalue weighted by Crippen LogP contribution is -2.32. The van der Waals surface area contributed by atoms with E-state index < -0.39 is 0 Å². The summed E-state index contributed by atoms with van der Waals surface area (Å²) >= 11 is 0. The normalized spacial score (nSPS) is 12.8. The Morgan fingerprint density at radius 1 is 1.00 bits per heavy atom. The topological polar surface area (TPSA) is 87.7 Å². The van der Waals surface area contributed by atoms with Gasteiger partial charge < -0.3 is 15.4 Å². The van der Waals surface area contributed by atoms with Crippen LogP contribution in [-0.4, -0.2) is 48.9 Å². The first-order valence-corrected chi connectivity index (χ1v) is 9.76. The van der Waals surface area contributed by atoms with E-state index in [4.69, 9.17) is 4.74 Å². The first-order valence-electron chi connectivity index (χ1n) is 9.76. The van der Waals surface area contributed by atoms with Crippen LogP contribution in [0.3, 0.4) is 0 Å². The Morgan fingerprint density at radius 3 is 2.31 bits per heavy atom. The third-order valence-corrected chi connectivity index (χ3v) is 4.64. The van der Waals surface area contributed by atoms with Crippen molar-refractivity contribution in [2.24, 2.45) is 0 Å². The van der Waals surface area contributed by atoms with Crippen molar-refractivity contribution in [3.8, 4) is 5.75 Å². The summed E-state index contributed by atoms with van der Waals surface area (Å²) in [6.07, 6.45) is 0. The maximum atomic E-state index is 12.6. The van der Waals surface area contributed by atoms with Crippen LogP contribution >= 0.6 is 0 Å². The van der Waals surface area contributed by atoms with Gasteiger partial charge in [0.1, 0.15) is 5.75 Å². The first kappa shape index (κ1) is 20.5. The molecule has 1 aliphatic rings. The van der Waals surface area contributed by atoms with Gasteiger partial charge >= 0.3 is 0 Å². The number of hydrogen-bond donors (Lipinski definition) is 2. The van der Waals surface area contributed by atoms with Crippen molar-refractivity contribution >= 4 is 17.7 Å². The number of benzene rings is 2. The number of hydrogen-bond acceptors (Lipinski definition) is 5. The van der Waals surface area contributed by atoms with Gasteiger partial charge in [-0.25, -0.2) is 0 Å². The highest BCUT2D eigenvalue weighted by atomic mass is 16.5. The van der Waals surface area contributed by atoms with Gasteiger partial charge in [-0.1, -0.05) is 25.1 Å². The third kappa shape index (κ3) is 4.46. The van der Waals surface area contributed by atoms with Crippen LogP contribution in [-0.2, 0) is 6.54 Å². The largest absolute Gasteiger partial charge is 0.493 e. The highest BCUT2D eigenvalue weighted by Crippen LogP contribution is 2.26. The summed E-state index contributed by atoms with van der Waals surface area (Å²) in [5, 5.41) is 6.00. The molecule has 7 heteroatoms. The molecule has 0 radical (unpaired) electrons. The van der Waals surface area contributed by atoms with E-state index >= 15 is 0 Å². The van der Waals surface area contributed by atoms with Gasteiger partial charge in [-0.05, 0) is 43.3 Å². The van der Waals surface area contributed by atoms with E-state index in [1.807, 2.05) is 13.8 Å². The van der Waals surface area contributed by atoms with Gasteiger partial charge in [0, 0.05) is 13.1 Å². The lowest BCUT2D eigenvalue weighted by Gasteiger charge is -2.16. The van der Waals surface area contributed by atoms with Crippen LogP contribution in [0.25, 0.3) is 0 Å². The van der Waals surface area contributed by atoms with Crippen LogP contribution in [0.5, 0.6) is 5.75 Å². The minimum Gasteiger partial charge on any atom is -0.493 e. The van der Waals surface area contributed by atoms with Gasteiger partial charge in [0.05, 0.1) is 29.8 Å². The van der Waals surface area contributed by atoms with Crippen molar-refractivity contribution in [2.75, 3.05) is 26.2 Å². The van der Waals surface area contributed by atoms with Gasteiger partial charge in [0.15, 0.2) is 0 Å². The molecule has 0 spiro atoms. The lowest BCUT2D eigenvalue weighted by atomic mass is 10.1. The van der Waals surface area contributed by atoms with Crippen LogP contribution < -0.4 is 15.4 Å². The minimum atomic E-state index is -0.323. The van der Waals surface area contributed by atoms with Crippen molar-refractivity contribution in [3.05, 3.63) is 64.7 Å². The lowest BCUT2D eigenvalue weighted by molar-refractivity contribution is 0.0642. The average molecular weight is 395 g/mol. The molecule has 3 rings (SSSR count). The number of fused-ring (bicyclic) bond motifs is 1. The second-order valence-corrected chi connectivity index (χ2v) is 6.62. The molecule has 3 amide bonds. The molecule has 2 N–H and O–H groups in total. The Morgan fingerprint density at radius 2 is 1.69 bits per heavy atom. The van der Waals surface area contributed by atoms with Crippen molar-refractivity contribution in [3.63, 3.8) is 0 Å². The van der Waals surface area contributed by atoms with Crippen molar-refractivity contribution in [2.45, 2.75) is 20.4 Å².